The summed E-state index contributed by atoms with van der Waals surface area (Å²) in [7, 11) is 0. The number of aliphatic hydroxyl groups excluding tert-OH is 1. The van der Waals surface area contributed by atoms with Crippen molar-refractivity contribution in [2.45, 2.75) is 38.9 Å². The molecule has 0 aromatic carbocycles. The first kappa shape index (κ1) is 8.02. The topological polar surface area (TPSA) is 29.5 Å². The highest BCUT2D eigenvalue weighted by Gasteiger charge is 2.23. The van der Waals surface area contributed by atoms with Crippen LogP contribution >= 0.6 is 0 Å². The summed E-state index contributed by atoms with van der Waals surface area (Å²) in [4.78, 5) is 0. The average Bonchev–Trinajstić information content (AvgIpc) is 1.85. The van der Waals surface area contributed by atoms with E-state index in [1.165, 1.54) is 0 Å². The maximum Gasteiger partial charge on any atom is 0.0811 e. The van der Waals surface area contributed by atoms with Gasteiger partial charge in [0.05, 0.1) is 18.8 Å². The van der Waals surface area contributed by atoms with Gasteiger partial charge in [0.2, 0.25) is 0 Å². The van der Waals surface area contributed by atoms with Crippen LogP contribution in [-0.2, 0) is 4.74 Å². The molecule has 1 fully saturated rings. The Morgan fingerprint density at radius 3 is 2.60 bits per heavy atom. The van der Waals surface area contributed by atoms with E-state index in [4.69, 9.17) is 9.84 Å². The van der Waals surface area contributed by atoms with Crippen molar-refractivity contribution in [3.63, 3.8) is 0 Å². The van der Waals surface area contributed by atoms with E-state index in [-0.39, 0.29) is 12.7 Å². The molecule has 1 N–H and O–H groups in total. The van der Waals surface area contributed by atoms with E-state index >= 15 is 0 Å². The molecule has 0 aromatic heterocycles. The van der Waals surface area contributed by atoms with Crippen LogP contribution in [0.15, 0.2) is 0 Å². The summed E-state index contributed by atoms with van der Waals surface area (Å²) in [5.74, 6) is 0.709. The number of rotatable bonds is 1. The van der Waals surface area contributed by atoms with E-state index in [0.717, 1.165) is 12.8 Å². The van der Waals surface area contributed by atoms with Crippen molar-refractivity contribution in [3.8, 4) is 0 Å². The number of ether oxygens (including phenoxy) is 1. The van der Waals surface area contributed by atoms with Crippen LogP contribution in [0.1, 0.15) is 26.7 Å². The molecule has 2 heteroatoms. The zero-order valence-electron chi connectivity index (χ0n) is 6.71. The monoisotopic (exact) mass is 144 g/mol. The summed E-state index contributed by atoms with van der Waals surface area (Å²) < 4.78 is 5.46. The van der Waals surface area contributed by atoms with Crippen LogP contribution in [0.4, 0.5) is 0 Å². The molecule has 0 amide bonds. The van der Waals surface area contributed by atoms with Gasteiger partial charge >= 0.3 is 0 Å². The Hall–Kier alpha value is -0.0800. The highest BCUT2D eigenvalue weighted by atomic mass is 16.5. The molecule has 0 saturated carbocycles. The van der Waals surface area contributed by atoms with Gasteiger partial charge in [-0.15, -0.1) is 0 Å². The molecule has 1 aliphatic heterocycles. The fraction of sp³-hybridized carbons (Fsp3) is 1.00. The summed E-state index contributed by atoms with van der Waals surface area (Å²) in [5.41, 5.74) is 0. The van der Waals surface area contributed by atoms with E-state index in [1.54, 1.807) is 0 Å². The minimum absolute atomic E-state index is 0.0961. The Balaban J connectivity index is 2.35. The molecule has 0 spiro atoms. The molecule has 1 unspecified atom stereocenters. The lowest BCUT2D eigenvalue weighted by atomic mass is 9.94. The lowest BCUT2D eigenvalue weighted by molar-refractivity contribution is -0.0797. The lowest BCUT2D eigenvalue weighted by Crippen LogP contribution is -2.32. The second-order valence-electron chi connectivity index (χ2n) is 3.33. The van der Waals surface area contributed by atoms with Gasteiger partial charge in [-0.1, -0.05) is 6.92 Å². The van der Waals surface area contributed by atoms with Gasteiger partial charge < -0.3 is 9.84 Å². The van der Waals surface area contributed by atoms with Gasteiger partial charge in [-0.05, 0) is 25.7 Å². The summed E-state index contributed by atoms with van der Waals surface area (Å²) in [5, 5.41) is 8.80. The Morgan fingerprint density at radius 1 is 1.40 bits per heavy atom. The number of aliphatic hydroxyl groups is 1. The SMILES string of the molecule is CC1C[C@@H](C)C[C@@H](CO)O1. The van der Waals surface area contributed by atoms with Crippen molar-refractivity contribution in [1.29, 1.82) is 0 Å². The molecule has 10 heavy (non-hydrogen) atoms. The van der Waals surface area contributed by atoms with Crippen LogP contribution in [0.2, 0.25) is 0 Å². The molecule has 1 heterocycles. The largest absolute Gasteiger partial charge is 0.394 e. The Morgan fingerprint density at radius 2 is 2.10 bits per heavy atom. The molecular weight excluding hydrogens is 128 g/mol. The van der Waals surface area contributed by atoms with Crippen LogP contribution in [0.3, 0.4) is 0 Å². The Labute approximate surface area is 62.2 Å². The van der Waals surface area contributed by atoms with Gasteiger partial charge in [-0.2, -0.15) is 0 Å². The first-order valence-electron chi connectivity index (χ1n) is 3.98. The van der Waals surface area contributed by atoms with Crippen LogP contribution in [0, 0.1) is 5.92 Å². The molecule has 0 aromatic rings. The van der Waals surface area contributed by atoms with Crippen LogP contribution in [-0.4, -0.2) is 23.9 Å². The summed E-state index contributed by atoms with van der Waals surface area (Å²) in [6.07, 6.45) is 2.58. The van der Waals surface area contributed by atoms with E-state index in [2.05, 4.69) is 13.8 Å². The van der Waals surface area contributed by atoms with Crippen LogP contribution in [0.25, 0.3) is 0 Å². The second kappa shape index (κ2) is 3.35. The lowest BCUT2D eigenvalue weighted by Gasteiger charge is -2.30. The molecule has 60 valence electrons. The summed E-state index contributed by atoms with van der Waals surface area (Å²) in [6, 6.07) is 0. The zero-order valence-corrected chi connectivity index (χ0v) is 6.71. The summed E-state index contributed by atoms with van der Waals surface area (Å²) >= 11 is 0. The van der Waals surface area contributed by atoms with E-state index < -0.39 is 0 Å². The van der Waals surface area contributed by atoms with Crippen molar-refractivity contribution < 1.29 is 9.84 Å². The van der Waals surface area contributed by atoms with E-state index in [0.29, 0.717) is 12.0 Å². The minimum Gasteiger partial charge on any atom is -0.394 e. The highest BCUT2D eigenvalue weighted by molar-refractivity contribution is 4.71. The Bertz CT molecular complexity index is 93.4. The third-order valence-electron chi connectivity index (χ3n) is 2.03. The van der Waals surface area contributed by atoms with Gasteiger partial charge in [0.1, 0.15) is 0 Å². The maximum absolute atomic E-state index is 8.80. The van der Waals surface area contributed by atoms with Crippen molar-refractivity contribution >= 4 is 0 Å². The molecule has 1 rings (SSSR count). The maximum atomic E-state index is 8.80. The highest BCUT2D eigenvalue weighted by Crippen LogP contribution is 2.23. The van der Waals surface area contributed by atoms with Crippen molar-refractivity contribution in [3.05, 3.63) is 0 Å². The Kier molecular flexibility index (Phi) is 2.69. The molecule has 0 radical (unpaired) electrons. The molecule has 0 bridgehead atoms. The summed E-state index contributed by atoms with van der Waals surface area (Å²) in [6.45, 7) is 4.45. The molecule has 2 nitrogen and oxygen atoms in total. The fourth-order valence-corrected chi connectivity index (χ4v) is 1.67. The van der Waals surface area contributed by atoms with Gasteiger partial charge in [-0.3, -0.25) is 0 Å². The minimum atomic E-state index is 0.0961. The molecule has 0 aliphatic carbocycles. The van der Waals surface area contributed by atoms with Gasteiger partial charge in [0.15, 0.2) is 0 Å². The predicted molar refractivity (Wildman–Crippen MR) is 39.8 cm³/mol. The number of hydrogen-bond donors (Lipinski definition) is 1. The molecule has 3 atom stereocenters. The van der Waals surface area contributed by atoms with Gasteiger partial charge in [-0.25, -0.2) is 0 Å². The fourth-order valence-electron chi connectivity index (χ4n) is 1.67. The van der Waals surface area contributed by atoms with Crippen molar-refractivity contribution in [1.82, 2.24) is 0 Å². The smallest absolute Gasteiger partial charge is 0.0811 e. The zero-order chi connectivity index (χ0) is 7.56. The van der Waals surface area contributed by atoms with Gasteiger partial charge in [0, 0.05) is 0 Å². The quantitative estimate of drug-likeness (QED) is 0.599. The first-order chi connectivity index (χ1) is 4.72. The van der Waals surface area contributed by atoms with Crippen LogP contribution < -0.4 is 0 Å². The van der Waals surface area contributed by atoms with E-state index in [1.807, 2.05) is 0 Å². The third-order valence-corrected chi connectivity index (χ3v) is 2.03. The van der Waals surface area contributed by atoms with Crippen molar-refractivity contribution in [2.75, 3.05) is 6.61 Å². The van der Waals surface area contributed by atoms with Gasteiger partial charge in [0.25, 0.3) is 0 Å². The normalized spacial score (nSPS) is 41.7. The van der Waals surface area contributed by atoms with E-state index in [9.17, 15) is 0 Å². The van der Waals surface area contributed by atoms with Crippen LogP contribution in [0.5, 0.6) is 0 Å². The van der Waals surface area contributed by atoms with Crippen molar-refractivity contribution in [2.24, 2.45) is 5.92 Å². The molecule has 1 saturated heterocycles. The third kappa shape index (κ3) is 1.96. The predicted octanol–water partition coefficient (Wildman–Crippen LogP) is 1.18. The average molecular weight is 144 g/mol. The first-order valence-corrected chi connectivity index (χ1v) is 3.98. The molecule has 1 aliphatic rings. The molecular formula is C8H16O2. The number of hydrogen-bond acceptors (Lipinski definition) is 2. The second-order valence-corrected chi connectivity index (χ2v) is 3.33. The standard InChI is InChI=1S/C8H16O2/c1-6-3-7(2)10-8(4-6)5-9/h6-9H,3-5H2,1-2H3/t6-,7?,8+/m1/s1.